The molecule has 0 fully saturated rings. The van der Waals surface area contributed by atoms with Gasteiger partial charge in [-0.3, -0.25) is 4.79 Å². The molecule has 1 aromatic carbocycles. The monoisotopic (exact) mass is 324 g/mol. The van der Waals surface area contributed by atoms with Crippen LogP contribution >= 0.6 is 11.8 Å². The zero-order chi connectivity index (χ0) is 16.0. The predicted octanol–water partition coefficient (Wildman–Crippen LogP) is 3.07. The van der Waals surface area contributed by atoms with Crippen LogP contribution < -0.4 is 0 Å². The first-order valence-corrected chi connectivity index (χ1v) is 8.76. The summed E-state index contributed by atoms with van der Waals surface area (Å²) in [6, 6.07) is 8.41. The number of aromatic nitrogens is 4. The summed E-state index contributed by atoms with van der Waals surface area (Å²) in [6.07, 6.45) is 4.99. The van der Waals surface area contributed by atoms with E-state index in [0.29, 0.717) is 22.9 Å². The molecule has 0 saturated heterocycles. The molecule has 0 N–H and O–H groups in total. The summed E-state index contributed by atoms with van der Waals surface area (Å²) < 4.78 is 1.61. The van der Waals surface area contributed by atoms with E-state index in [1.54, 1.807) is 10.7 Å². The smallest absolute Gasteiger partial charge is 0.253 e. The Morgan fingerprint density at radius 1 is 1.17 bits per heavy atom. The van der Waals surface area contributed by atoms with E-state index in [-0.39, 0.29) is 11.7 Å². The molecule has 6 heteroatoms. The van der Waals surface area contributed by atoms with Crippen molar-refractivity contribution in [3.63, 3.8) is 0 Å². The highest BCUT2D eigenvalue weighted by atomic mass is 32.2. The van der Waals surface area contributed by atoms with E-state index in [1.165, 1.54) is 22.9 Å². The van der Waals surface area contributed by atoms with Gasteiger partial charge in [0.15, 0.2) is 5.78 Å². The molecule has 0 amide bonds. The van der Waals surface area contributed by atoms with Crippen LogP contribution in [0.5, 0.6) is 0 Å². The summed E-state index contributed by atoms with van der Waals surface area (Å²) in [6.45, 7) is 2.07. The first kappa shape index (κ1) is 14.4. The van der Waals surface area contributed by atoms with Crippen LogP contribution in [0.15, 0.2) is 35.6 Å². The van der Waals surface area contributed by atoms with Crippen molar-refractivity contribution in [3.05, 3.63) is 52.8 Å². The zero-order valence-corrected chi connectivity index (χ0v) is 13.8. The van der Waals surface area contributed by atoms with E-state index in [4.69, 9.17) is 0 Å². The minimum Gasteiger partial charge on any atom is -0.294 e. The number of hydrogen-bond acceptors (Lipinski definition) is 5. The standard InChI is InChI=1S/C17H16N4OS/c1-10-3-5-11(6-4-10)12-7-14-13(15(22)8-12)9-21-16(18-14)19-17(20-21)23-2/h3-6,9,12H,7-8H2,1-2H3/t12-/m0/s1. The maximum absolute atomic E-state index is 12.5. The van der Waals surface area contributed by atoms with Crippen molar-refractivity contribution in [2.75, 3.05) is 6.26 Å². The third kappa shape index (κ3) is 2.53. The largest absolute Gasteiger partial charge is 0.294 e. The van der Waals surface area contributed by atoms with E-state index < -0.39 is 0 Å². The van der Waals surface area contributed by atoms with Crippen molar-refractivity contribution in [2.45, 2.75) is 30.8 Å². The Balaban J connectivity index is 1.75. The van der Waals surface area contributed by atoms with Crippen LogP contribution in [-0.4, -0.2) is 31.6 Å². The second kappa shape index (κ2) is 5.45. The third-order valence-corrected chi connectivity index (χ3v) is 4.83. The van der Waals surface area contributed by atoms with Gasteiger partial charge < -0.3 is 0 Å². The molecule has 3 aromatic rings. The lowest BCUT2D eigenvalue weighted by molar-refractivity contribution is 0.0962. The fourth-order valence-electron chi connectivity index (χ4n) is 3.03. The number of hydrogen-bond donors (Lipinski definition) is 0. The molecule has 23 heavy (non-hydrogen) atoms. The highest BCUT2D eigenvalue weighted by molar-refractivity contribution is 7.98. The van der Waals surface area contributed by atoms with Gasteiger partial charge in [0.1, 0.15) is 0 Å². The van der Waals surface area contributed by atoms with Gasteiger partial charge >= 0.3 is 0 Å². The number of nitrogens with zero attached hydrogens (tertiary/aromatic N) is 4. The van der Waals surface area contributed by atoms with E-state index in [1.807, 2.05) is 6.26 Å². The average molecular weight is 324 g/mol. The second-order valence-corrected chi connectivity index (χ2v) is 6.66. The summed E-state index contributed by atoms with van der Waals surface area (Å²) in [4.78, 5) is 21.5. The average Bonchev–Trinajstić information content (AvgIpc) is 2.96. The van der Waals surface area contributed by atoms with Crippen LogP contribution in [-0.2, 0) is 6.42 Å². The number of carbonyl (C=O) groups excluding carboxylic acids is 1. The van der Waals surface area contributed by atoms with Crippen LogP contribution in [0.25, 0.3) is 5.78 Å². The summed E-state index contributed by atoms with van der Waals surface area (Å²) in [5.74, 6) is 0.881. The SMILES string of the molecule is CSc1nc2nc3c(cn2n1)C(=O)C[C@@H](c1ccc(C)cc1)C3. The van der Waals surface area contributed by atoms with Gasteiger partial charge in [0.2, 0.25) is 5.16 Å². The summed E-state index contributed by atoms with van der Waals surface area (Å²) in [5.41, 5.74) is 3.93. The van der Waals surface area contributed by atoms with Crippen molar-refractivity contribution in [1.82, 2.24) is 19.6 Å². The Bertz CT molecular complexity index is 901. The van der Waals surface area contributed by atoms with Gasteiger partial charge in [0.05, 0.1) is 11.3 Å². The lowest BCUT2D eigenvalue weighted by Crippen LogP contribution is -2.21. The molecule has 0 unspecified atom stereocenters. The topological polar surface area (TPSA) is 60.1 Å². The van der Waals surface area contributed by atoms with Gasteiger partial charge in [0.25, 0.3) is 5.78 Å². The minimum atomic E-state index is 0.132. The number of ketones is 1. The summed E-state index contributed by atoms with van der Waals surface area (Å²) in [5, 5.41) is 4.98. The third-order valence-electron chi connectivity index (χ3n) is 4.29. The fourth-order valence-corrected chi connectivity index (χ4v) is 3.37. The minimum absolute atomic E-state index is 0.132. The van der Waals surface area contributed by atoms with Gasteiger partial charge in [-0.2, -0.15) is 4.98 Å². The lowest BCUT2D eigenvalue weighted by atomic mass is 9.82. The number of fused-ring (bicyclic) bond motifs is 2. The number of carbonyl (C=O) groups is 1. The Morgan fingerprint density at radius 3 is 2.70 bits per heavy atom. The Hall–Kier alpha value is -2.21. The Labute approximate surface area is 138 Å². The Kier molecular flexibility index (Phi) is 3.41. The Morgan fingerprint density at radius 2 is 1.96 bits per heavy atom. The first-order chi connectivity index (χ1) is 11.1. The molecule has 5 nitrogen and oxygen atoms in total. The number of thioether (sulfide) groups is 1. The van der Waals surface area contributed by atoms with E-state index in [2.05, 4.69) is 46.3 Å². The molecule has 0 bridgehead atoms. The number of aryl methyl sites for hydroxylation is 1. The highest BCUT2D eigenvalue weighted by Crippen LogP contribution is 2.32. The molecule has 0 saturated carbocycles. The molecular weight excluding hydrogens is 308 g/mol. The molecule has 2 heterocycles. The van der Waals surface area contributed by atoms with Gasteiger partial charge in [0, 0.05) is 12.6 Å². The predicted molar refractivity (Wildman–Crippen MR) is 89.1 cm³/mol. The molecule has 0 aliphatic heterocycles. The van der Waals surface area contributed by atoms with Crippen molar-refractivity contribution >= 4 is 23.3 Å². The lowest BCUT2D eigenvalue weighted by Gasteiger charge is -2.23. The molecule has 116 valence electrons. The number of Topliss-reactive ketones (excluding diaryl/α,β-unsaturated/α-hetero) is 1. The molecular formula is C17H16N4OS. The maximum atomic E-state index is 12.5. The molecule has 0 radical (unpaired) electrons. The molecule has 1 atom stereocenters. The fraction of sp³-hybridized carbons (Fsp3) is 0.294. The normalized spacial score (nSPS) is 17.5. The van der Waals surface area contributed by atoms with Gasteiger partial charge in [-0.25, -0.2) is 9.50 Å². The quantitative estimate of drug-likeness (QED) is 0.678. The molecule has 2 aromatic heterocycles. The van der Waals surface area contributed by atoms with Crippen LogP contribution in [0.3, 0.4) is 0 Å². The molecule has 1 aliphatic carbocycles. The molecule has 1 aliphatic rings. The number of rotatable bonds is 2. The van der Waals surface area contributed by atoms with Gasteiger partial charge in [-0.1, -0.05) is 41.6 Å². The second-order valence-electron chi connectivity index (χ2n) is 5.88. The zero-order valence-electron chi connectivity index (χ0n) is 13.0. The molecule has 4 rings (SSSR count). The van der Waals surface area contributed by atoms with Crippen molar-refractivity contribution in [1.29, 1.82) is 0 Å². The van der Waals surface area contributed by atoms with Crippen molar-refractivity contribution in [2.24, 2.45) is 0 Å². The van der Waals surface area contributed by atoms with Crippen molar-refractivity contribution < 1.29 is 4.79 Å². The summed E-state index contributed by atoms with van der Waals surface area (Å²) in [7, 11) is 0. The summed E-state index contributed by atoms with van der Waals surface area (Å²) >= 11 is 1.47. The highest BCUT2D eigenvalue weighted by Gasteiger charge is 2.28. The van der Waals surface area contributed by atoms with Gasteiger partial charge in [-0.15, -0.1) is 5.10 Å². The van der Waals surface area contributed by atoms with Crippen LogP contribution in [0, 0.1) is 6.92 Å². The van der Waals surface area contributed by atoms with E-state index in [0.717, 1.165) is 12.1 Å². The van der Waals surface area contributed by atoms with Crippen molar-refractivity contribution in [3.8, 4) is 0 Å². The van der Waals surface area contributed by atoms with Gasteiger partial charge in [-0.05, 0) is 31.1 Å². The molecule has 0 spiro atoms. The first-order valence-electron chi connectivity index (χ1n) is 7.54. The van der Waals surface area contributed by atoms with E-state index >= 15 is 0 Å². The van der Waals surface area contributed by atoms with Crippen LogP contribution in [0.2, 0.25) is 0 Å². The van der Waals surface area contributed by atoms with Crippen LogP contribution in [0.4, 0.5) is 0 Å². The van der Waals surface area contributed by atoms with Crippen LogP contribution in [0.1, 0.15) is 39.5 Å². The van der Waals surface area contributed by atoms with E-state index in [9.17, 15) is 4.79 Å². The maximum Gasteiger partial charge on any atom is 0.253 e. The number of benzene rings is 1.